The minimum atomic E-state index is -0.600. The van der Waals surface area contributed by atoms with Crippen LogP contribution in [-0.2, 0) is 0 Å². The van der Waals surface area contributed by atoms with E-state index >= 15 is 0 Å². The number of carbonyl (C=O) groups is 1. The zero-order valence-corrected chi connectivity index (χ0v) is 16.0. The van der Waals surface area contributed by atoms with Gasteiger partial charge in [-0.1, -0.05) is 23.7 Å². The lowest BCUT2D eigenvalue weighted by Gasteiger charge is -2.09. The van der Waals surface area contributed by atoms with Gasteiger partial charge >= 0.3 is 0 Å². The average Bonchev–Trinajstić information content (AvgIpc) is 3.07. The topological polar surface area (TPSA) is 55.1 Å². The molecule has 1 aromatic heterocycles. The molecule has 1 N–H and O–H groups in total. The number of nitrogens with one attached hydrogen (secondary N) is 1. The molecule has 0 atom stereocenters. The standard InChI is InChI=1S/C22H16ClFN2O2/c1-12-9-19-20(10-13(12)2)28-22(26-19)14-7-8-16(23)18(11-14)25-21(27)15-5-3-4-6-17(15)24/h3-11H,1-2H3,(H,25,27). The first-order valence-corrected chi connectivity index (χ1v) is 9.04. The van der Waals surface area contributed by atoms with E-state index in [-0.39, 0.29) is 5.56 Å². The zero-order valence-electron chi connectivity index (χ0n) is 15.2. The Morgan fingerprint density at radius 3 is 2.61 bits per heavy atom. The van der Waals surface area contributed by atoms with E-state index in [9.17, 15) is 9.18 Å². The number of nitrogens with zero attached hydrogens (tertiary/aromatic N) is 1. The second-order valence-electron chi connectivity index (χ2n) is 6.55. The highest BCUT2D eigenvalue weighted by atomic mass is 35.5. The Labute approximate surface area is 166 Å². The highest BCUT2D eigenvalue weighted by Crippen LogP contribution is 2.31. The van der Waals surface area contributed by atoms with Gasteiger partial charge in [-0.15, -0.1) is 0 Å². The van der Waals surface area contributed by atoms with Crippen molar-refractivity contribution in [2.45, 2.75) is 13.8 Å². The SMILES string of the molecule is Cc1cc2nc(-c3ccc(Cl)c(NC(=O)c4ccccc4F)c3)oc2cc1C. The molecule has 0 spiro atoms. The lowest BCUT2D eigenvalue weighted by Crippen LogP contribution is -2.14. The number of fused-ring (bicyclic) bond motifs is 1. The molecule has 0 aliphatic rings. The molecule has 0 radical (unpaired) electrons. The fourth-order valence-electron chi connectivity index (χ4n) is 2.89. The van der Waals surface area contributed by atoms with Gasteiger partial charge in [-0.25, -0.2) is 9.37 Å². The first kappa shape index (κ1) is 18.2. The molecule has 0 saturated heterocycles. The van der Waals surface area contributed by atoms with Crippen LogP contribution in [-0.4, -0.2) is 10.9 Å². The number of oxazole rings is 1. The number of benzene rings is 3. The second-order valence-corrected chi connectivity index (χ2v) is 6.96. The second kappa shape index (κ2) is 7.09. The van der Waals surface area contributed by atoms with Crippen LogP contribution in [0.3, 0.4) is 0 Å². The van der Waals surface area contributed by atoms with Crippen molar-refractivity contribution < 1.29 is 13.6 Å². The van der Waals surface area contributed by atoms with Gasteiger partial charge in [0.15, 0.2) is 5.58 Å². The Balaban J connectivity index is 1.69. The Bertz CT molecular complexity index is 1180. The molecule has 0 saturated carbocycles. The molecule has 1 amide bonds. The first-order chi connectivity index (χ1) is 13.4. The van der Waals surface area contributed by atoms with Crippen molar-refractivity contribution in [3.63, 3.8) is 0 Å². The lowest BCUT2D eigenvalue weighted by molar-refractivity contribution is 0.102. The number of aromatic nitrogens is 1. The van der Waals surface area contributed by atoms with Gasteiger partial charge in [0, 0.05) is 5.56 Å². The largest absolute Gasteiger partial charge is 0.436 e. The summed E-state index contributed by atoms with van der Waals surface area (Å²) in [7, 11) is 0. The van der Waals surface area contributed by atoms with Crippen molar-refractivity contribution >= 4 is 34.3 Å². The van der Waals surface area contributed by atoms with Crippen molar-refractivity contribution in [1.29, 1.82) is 0 Å². The maximum Gasteiger partial charge on any atom is 0.258 e. The van der Waals surface area contributed by atoms with Crippen molar-refractivity contribution in [3.05, 3.63) is 82.1 Å². The van der Waals surface area contributed by atoms with Gasteiger partial charge in [-0.05, 0) is 67.4 Å². The molecule has 0 fully saturated rings. The van der Waals surface area contributed by atoms with Gasteiger partial charge in [0.1, 0.15) is 11.3 Å². The monoisotopic (exact) mass is 394 g/mol. The number of halogens is 2. The van der Waals surface area contributed by atoms with Crippen LogP contribution >= 0.6 is 11.6 Å². The van der Waals surface area contributed by atoms with Crippen LogP contribution < -0.4 is 5.32 Å². The van der Waals surface area contributed by atoms with Gasteiger partial charge < -0.3 is 9.73 Å². The van der Waals surface area contributed by atoms with E-state index in [2.05, 4.69) is 10.3 Å². The van der Waals surface area contributed by atoms with Crippen molar-refractivity contribution in [3.8, 4) is 11.5 Å². The quantitative estimate of drug-likeness (QED) is 0.453. The summed E-state index contributed by atoms with van der Waals surface area (Å²) in [5, 5.41) is 2.98. The normalized spacial score (nSPS) is 11.0. The molecule has 6 heteroatoms. The number of aryl methyl sites for hydroxylation is 2. The fourth-order valence-corrected chi connectivity index (χ4v) is 3.06. The van der Waals surface area contributed by atoms with Gasteiger partial charge in [0.05, 0.1) is 16.3 Å². The minimum absolute atomic E-state index is 0.0585. The first-order valence-electron chi connectivity index (χ1n) is 8.66. The Morgan fingerprint density at radius 2 is 1.82 bits per heavy atom. The van der Waals surface area contributed by atoms with Gasteiger partial charge in [-0.3, -0.25) is 4.79 Å². The van der Waals surface area contributed by atoms with E-state index in [0.29, 0.717) is 27.7 Å². The predicted molar refractivity (Wildman–Crippen MR) is 108 cm³/mol. The molecule has 4 rings (SSSR count). The molecule has 4 nitrogen and oxygen atoms in total. The summed E-state index contributed by atoms with van der Waals surface area (Å²) in [5.41, 5.74) is 4.62. The van der Waals surface area contributed by atoms with E-state index in [0.717, 1.165) is 16.6 Å². The smallest absolute Gasteiger partial charge is 0.258 e. The predicted octanol–water partition coefficient (Wildman–Crippen LogP) is 6.16. The highest BCUT2D eigenvalue weighted by Gasteiger charge is 2.15. The number of amides is 1. The van der Waals surface area contributed by atoms with Crippen LogP contribution in [0.5, 0.6) is 0 Å². The van der Waals surface area contributed by atoms with Crippen LogP contribution in [0.1, 0.15) is 21.5 Å². The molecule has 0 bridgehead atoms. The maximum absolute atomic E-state index is 13.9. The fraction of sp³-hybridized carbons (Fsp3) is 0.0909. The molecular formula is C22H16ClFN2O2. The third-order valence-corrected chi connectivity index (χ3v) is 4.91. The number of hydrogen-bond donors (Lipinski definition) is 1. The molecule has 1 heterocycles. The summed E-state index contributed by atoms with van der Waals surface area (Å²) in [5.74, 6) is -0.768. The van der Waals surface area contributed by atoms with Crippen molar-refractivity contribution in [1.82, 2.24) is 4.98 Å². The van der Waals surface area contributed by atoms with Crippen LogP contribution in [0.25, 0.3) is 22.6 Å². The van der Waals surface area contributed by atoms with Crippen LogP contribution in [0.4, 0.5) is 10.1 Å². The average molecular weight is 395 g/mol. The lowest BCUT2D eigenvalue weighted by atomic mass is 10.1. The van der Waals surface area contributed by atoms with Gasteiger partial charge in [-0.2, -0.15) is 0 Å². The number of carbonyl (C=O) groups excluding carboxylic acids is 1. The summed E-state index contributed by atoms with van der Waals surface area (Å²) < 4.78 is 19.7. The van der Waals surface area contributed by atoms with Gasteiger partial charge in [0.25, 0.3) is 5.91 Å². The number of anilines is 1. The van der Waals surface area contributed by atoms with Crippen LogP contribution in [0, 0.1) is 19.7 Å². The minimum Gasteiger partial charge on any atom is -0.436 e. The molecule has 0 aliphatic heterocycles. The van der Waals surface area contributed by atoms with E-state index in [1.807, 2.05) is 26.0 Å². The van der Waals surface area contributed by atoms with Crippen LogP contribution in [0.2, 0.25) is 5.02 Å². The molecular weight excluding hydrogens is 379 g/mol. The zero-order chi connectivity index (χ0) is 19.8. The molecule has 0 unspecified atom stereocenters. The number of hydrogen-bond acceptors (Lipinski definition) is 3. The molecule has 28 heavy (non-hydrogen) atoms. The number of rotatable bonds is 3. The van der Waals surface area contributed by atoms with E-state index in [1.165, 1.54) is 18.2 Å². The summed E-state index contributed by atoms with van der Waals surface area (Å²) >= 11 is 6.22. The van der Waals surface area contributed by atoms with Crippen molar-refractivity contribution in [2.24, 2.45) is 0 Å². The maximum atomic E-state index is 13.9. The summed E-state index contributed by atoms with van der Waals surface area (Å²) in [4.78, 5) is 16.9. The summed E-state index contributed by atoms with van der Waals surface area (Å²) in [6, 6.07) is 14.7. The van der Waals surface area contributed by atoms with E-state index < -0.39 is 11.7 Å². The highest BCUT2D eigenvalue weighted by molar-refractivity contribution is 6.34. The Morgan fingerprint density at radius 1 is 1.07 bits per heavy atom. The summed E-state index contributed by atoms with van der Waals surface area (Å²) in [6.45, 7) is 4.03. The summed E-state index contributed by atoms with van der Waals surface area (Å²) in [6.07, 6.45) is 0. The molecule has 4 aromatic rings. The third kappa shape index (κ3) is 3.37. The molecule has 0 aliphatic carbocycles. The van der Waals surface area contributed by atoms with Crippen LogP contribution in [0.15, 0.2) is 59.0 Å². The molecule has 140 valence electrons. The van der Waals surface area contributed by atoms with Gasteiger partial charge in [0.2, 0.25) is 5.89 Å². The van der Waals surface area contributed by atoms with E-state index in [1.54, 1.807) is 24.3 Å². The van der Waals surface area contributed by atoms with Crippen molar-refractivity contribution in [2.75, 3.05) is 5.32 Å². The third-order valence-electron chi connectivity index (χ3n) is 4.58. The Hall–Kier alpha value is -3.18. The Kier molecular flexibility index (Phi) is 4.61. The molecule has 3 aromatic carbocycles. The van der Waals surface area contributed by atoms with E-state index in [4.69, 9.17) is 16.0 Å².